The SMILES string of the molecule is CCCc1cc(CCC)c(N=Cc2ccc(Cl)c(C=Nc3c(CCC)cc(CCC)cc3CCC)n2)c(CCC)c1.[Cl-].[Cl-].[Fe+2]. The summed E-state index contributed by atoms with van der Waals surface area (Å²) in [4.78, 5) is 14.9. The van der Waals surface area contributed by atoms with Gasteiger partial charge < -0.3 is 24.8 Å². The minimum atomic E-state index is 0. The van der Waals surface area contributed by atoms with Crippen LogP contribution in [0.3, 0.4) is 0 Å². The second kappa shape index (κ2) is 22.8. The van der Waals surface area contributed by atoms with Gasteiger partial charge in [-0.15, -0.1) is 0 Å². The predicted molar refractivity (Wildman–Crippen MR) is 181 cm³/mol. The maximum Gasteiger partial charge on any atom is 2.00 e. The summed E-state index contributed by atoms with van der Waals surface area (Å²) in [5, 5.41) is 0.602. The molecule has 1 heterocycles. The van der Waals surface area contributed by atoms with Crippen molar-refractivity contribution < 1.29 is 41.9 Å². The van der Waals surface area contributed by atoms with Gasteiger partial charge in [-0.25, -0.2) is 4.98 Å². The fraction of sp³-hybridized carbons (Fsp3) is 0.486. The van der Waals surface area contributed by atoms with Crippen molar-refractivity contribution in [3.8, 4) is 0 Å². The molecular formula is C37H50Cl3FeN3. The smallest absolute Gasteiger partial charge is 1.00 e. The van der Waals surface area contributed by atoms with E-state index in [1.807, 2.05) is 24.6 Å². The van der Waals surface area contributed by atoms with E-state index in [0.29, 0.717) is 10.7 Å². The summed E-state index contributed by atoms with van der Waals surface area (Å²) in [5.41, 5.74) is 11.8. The van der Waals surface area contributed by atoms with E-state index in [1.54, 1.807) is 0 Å². The van der Waals surface area contributed by atoms with Crippen LogP contribution in [0.4, 0.5) is 11.4 Å². The van der Waals surface area contributed by atoms with E-state index < -0.39 is 0 Å². The summed E-state index contributed by atoms with van der Waals surface area (Å²) in [7, 11) is 0. The topological polar surface area (TPSA) is 37.6 Å². The Hall–Kier alpha value is -1.68. The zero-order valence-electron chi connectivity index (χ0n) is 27.4. The van der Waals surface area contributed by atoms with Crippen molar-refractivity contribution in [1.29, 1.82) is 0 Å². The second-order valence-corrected chi connectivity index (χ2v) is 11.6. The molecule has 3 rings (SSSR count). The molecule has 3 nitrogen and oxygen atoms in total. The number of hydrogen-bond donors (Lipinski definition) is 0. The van der Waals surface area contributed by atoms with Crippen molar-refractivity contribution in [1.82, 2.24) is 4.98 Å². The quantitative estimate of drug-likeness (QED) is 0.154. The first-order chi connectivity index (χ1) is 20.0. The average molecular weight is 699 g/mol. The van der Waals surface area contributed by atoms with Gasteiger partial charge in [-0.3, -0.25) is 9.98 Å². The van der Waals surface area contributed by atoms with Crippen LogP contribution >= 0.6 is 11.6 Å². The van der Waals surface area contributed by atoms with Gasteiger partial charge in [-0.2, -0.15) is 0 Å². The molecule has 0 unspecified atom stereocenters. The maximum absolute atomic E-state index is 6.63. The number of rotatable bonds is 16. The van der Waals surface area contributed by atoms with Gasteiger partial charge in [-0.1, -0.05) is 116 Å². The van der Waals surface area contributed by atoms with Crippen molar-refractivity contribution in [3.63, 3.8) is 0 Å². The summed E-state index contributed by atoms with van der Waals surface area (Å²) in [6.45, 7) is 13.4. The first-order valence-electron chi connectivity index (χ1n) is 16.0. The number of benzene rings is 2. The van der Waals surface area contributed by atoms with Crippen LogP contribution in [0.2, 0.25) is 5.02 Å². The summed E-state index contributed by atoms with van der Waals surface area (Å²) < 4.78 is 0. The predicted octanol–water partition coefficient (Wildman–Crippen LogP) is 4.96. The normalized spacial score (nSPS) is 11.0. The van der Waals surface area contributed by atoms with Crippen molar-refractivity contribution >= 4 is 35.4 Å². The molecule has 0 spiro atoms. The fourth-order valence-electron chi connectivity index (χ4n) is 5.59. The van der Waals surface area contributed by atoms with Gasteiger partial charge in [0.2, 0.25) is 0 Å². The van der Waals surface area contributed by atoms with Crippen LogP contribution in [0.15, 0.2) is 46.4 Å². The molecule has 2 aromatic carbocycles. The minimum Gasteiger partial charge on any atom is -1.00 e. The Morgan fingerprint density at radius 1 is 0.568 bits per heavy atom. The molecular weight excluding hydrogens is 649 g/mol. The summed E-state index contributed by atoms with van der Waals surface area (Å²) in [6.07, 6.45) is 16.7. The molecule has 0 saturated carbocycles. The van der Waals surface area contributed by atoms with E-state index in [2.05, 4.69) is 65.8 Å². The summed E-state index contributed by atoms with van der Waals surface area (Å²) in [6, 6.07) is 13.3. The molecule has 0 aliphatic carbocycles. The standard InChI is InChI=1S/C37H50ClN3.2ClH.Fe/c1-7-13-27-21-29(15-9-3)36(30(22-27)16-10-4)39-25-33-19-20-34(38)35(41-33)26-40-37-31(17-11-5)23-28(14-8-2)24-32(37)18-12-6;;;/h19-26H,7-18H2,1-6H3;2*1H;/q;;;+2/p-2. The first-order valence-corrected chi connectivity index (χ1v) is 16.4. The summed E-state index contributed by atoms with van der Waals surface area (Å²) in [5.74, 6) is 0. The number of pyridine rings is 1. The van der Waals surface area contributed by atoms with Crippen molar-refractivity contribution in [2.45, 2.75) is 119 Å². The zero-order chi connectivity index (χ0) is 29.6. The first kappa shape index (κ1) is 42.3. The molecule has 0 atom stereocenters. The number of aliphatic imine (C=N–C) groups is 2. The van der Waals surface area contributed by atoms with Crippen LogP contribution < -0.4 is 24.8 Å². The molecule has 0 fully saturated rings. The Morgan fingerprint density at radius 3 is 1.30 bits per heavy atom. The molecule has 44 heavy (non-hydrogen) atoms. The molecule has 1 aromatic heterocycles. The van der Waals surface area contributed by atoms with Gasteiger partial charge in [0, 0.05) is 0 Å². The van der Waals surface area contributed by atoms with E-state index in [9.17, 15) is 0 Å². The van der Waals surface area contributed by atoms with E-state index in [0.717, 1.165) is 94.1 Å². The number of nitrogens with zero attached hydrogens (tertiary/aromatic N) is 3. The number of aryl methyl sites for hydroxylation is 6. The molecule has 242 valence electrons. The zero-order valence-corrected chi connectivity index (χ0v) is 30.8. The Kier molecular flexibility index (Phi) is 21.9. The van der Waals surface area contributed by atoms with Gasteiger partial charge in [-0.05, 0) is 84.0 Å². The molecule has 0 amide bonds. The largest absolute Gasteiger partial charge is 2.00 e. The van der Waals surface area contributed by atoms with Crippen LogP contribution in [-0.2, 0) is 55.6 Å². The van der Waals surface area contributed by atoms with Crippen LogP contribution in [0.5, 0.6) is 0 Å². The molecule has 0 bridgehead atoms. The average Bonchev–Trinajstić information content (AvgIpc) is 2.94. The Balaban J connectivity index is 0.00000616. The van der Waals surface area contributed by atoms with Crippen molar-refractivity contribution in [2.75, 3.05) is 0 Å². The number of hydrogen-bond acceptors (Lipinski definition) is 3. The van der Waals surface area contributed by atoms with Gasteiger partial charge in [0.1, 0.15) is 5.69 Å². The second-order valence-electron chi connectivity index (χ2n) is 11.1. The molecule has 0 aliphatic heterocycles. The Bertz CT molecular complexity index is 1280. The van der Waals surface area contributed by atoms with Gasteiger partial charge in [0.25, 0.3) is 0 Å². The molecule has 0 aliphatic rings. The van der Waals surface area contributed by atoms with E-state index in [-0.39, 0.29) is 41.9 Å². The molecule has 0 radical (unpaired) electrons. The van der Waals surface area contributed by atoms with E-state index in [1.165, 1.54) is 33.4 Å². The molecule has 0 saturated heterocycles. The molecule has 3 aromatic rings. The molecule has 0 N–H and O–H groups in total. The van der Waals surface area contributed by atoms with Crippen LogP contribution in [-0.4, -0.2) is 17.4 Å². The van der Waals surface area contributed by atoms with Crippen LogP contribution in [0.25, 0.3) is 0 Å². The third-order valence-corrected chi connectivity index (χ3v) is 7.67. The fourth-order valence-corrected chi connectivity index (χ4v) is 5.75. The van der Waals surface area contributed by atoms with E-state index >= 15 is 0 Å². The van der Waals surface area contributed by atoms with Crippen LogP contribution in [0.1, 0.15) is 125 Å². The monoisotopic (exact) mass is 697 g/mol. The third kappa shape index (κ3) is 12.3. The van der Waals surface area contributed by atoms with Gasteiger partial charge in [0.05, 0.1) is 34.5 Å². The Labute approximate surface area is 295 Å². The molecule has 7 heteroatoms. The van der Waals surface area contributed by atoms with Crippen molar-refractivity contribution in [3.05, 3.63) is 86.2 Å². The summed E-state index contributed by atoms with van der Waals surface area (Å²) >= 11 is 6.63. The van der Waals surface area contributed by atoms with Crippen LogP contribution in [0, 0.1) is 0 Å². The number of halogens is 3. The maximum atomic E-state index is 6.63. The van der Waals surface area contributed by atoms with Crippen molar-refractivity contribution in [2.24, 2.45) is 9.98 Å². The third-order valence-electron chi connectivity index (χ3n) is 7.35. The minimum absolute atomic E-state index is 0. The van der Waals surface area contributed by atoms with Gasteiger partial charge >= 0.3 is 17.1 Å². The van der Waals surface area contributed by atoms with E-state index in [4.69, 9.17) is 26.6 Å². The Morgan fingerprint density at radius 2 is 0.932 bits per heavy atom. The number of aromatic nitrogens is 1. The van der Waals surface area contributed by atoms with Gasteiger partial charge in [0.15, 0.2) is 0 Å².